The number of aliphatic hydroxyl groups excluding tert-OH is 1. The minimum atomic E-state index is -0.578. The molecular formula is C14H17NO4. The molecular weight excluding hydrogens is 246 g/mol. The predicted molar refractivity (Wildman–Crippen MR) is 70.2 cm³/mol. The van der Waals surface area contributed by atoms with Gasteiger partial charge in [-0.05, 0) is 31.2 Å². The number of ketones is 1. The predicted octanol–water partition coefficient (Wildman–Crippen LogP) is 1.00. The summed E-state index contributed by atoms with van der Waals surface area (Å²) in [5.41, 5.74) is 1.37. The molecule has 1 aliphatic heterocycles. The van der Waals surface area contributed by atoms with Crippen molar-refractivity contribution in [2.24, 2.45) is 0 Å². The van der Waals surface area contributed by atoms with E-state index in [1.54, 1.807) is 29.2 Å². The van der Waals surface area contributed by atoms with Gasteiger partial charge in [-0.25, -0.2) is 0 Å². The van der Waals surface area contributed by atoms with Gasteiger partial charge in [-0.15, -0.1) is 0 Å². The molecule has 1 fully saturated rings. The number of rotatable bonds is 4. The van der Waals surface area contributed by atoms with Crippen LogP contribution in [0.25, 0.3) is 0 Å². The van der Waals surface area contributed by atoms with Crippen LogP contribution in [0.2, 0.25) is 0 Å². The molecule has 1 atom stereocenters. The monoisotopic (exact) mass is 263 g/mol. The molecule has 1 saturated heterocycles. The Balaban J connectivity index is 2.16. The first-order chi connectivity index (χ1) is 9.13. The van der Waals surface area contributed by atoms with E-state index in [0.29, 0.717) is 25.1 Å². The SMILES string of the molecule is CC(=O)c1ccc(N2CCOC(CCO)C2=O)cc1. The van der Waals surface area contributed by atoms with Gasteiger partial charge in [0.2, 0.25) is 0 Å². The Bertz CT molecular complexity index is 467. The first-order valence-electron chi connectivity index (χ1n) is 6.28. The Kier molecular flexibility index (Phi) is 4.29. The van der Waals surface area contributed by atoms with Gasteiger partial charge in [0.15, 0.2) is 5.78 Å². The summed E-state index contributed by atoms with van der Waals surface area (Å²) in [4.78, 5) is 25.0. The molecule has 1 aromatic rings. The van der Waals surface area contributed by atoms with E-state index in [1.807, 2.05) is 0 Å². The van der Waals surface area contributed by atoms with Gasteiger partial charge >= 0.3 is 0 Å². The fourth-order valence-electron chi connectivity index (χ4n) is 2.10. The van der Waals surface area contributed by atoms with Crippen molar-refractivity contribution in [3.63, 3.8) is 0 Å². The highest BCUT2D eigenvalue weighted by Gasteiger charge is 2.29. The molecule has 1 unspecified atom stereocenters. The lowest BCUT2D eigenvalue weighted by molar-refractivity contribution is -0.134. The molecule has 1 N–H and O–H groups in total. The summed E-state index contributed by atoms with van der Waals surface area (Å²) in [7, 11) is 0. The number of benzene rings is 1. The fourth-order valence-corrected chi connectivity index (χ4v) is 2.10. The lowest BCUT2D eigenvalue weighted by Gasteiger charge is -2.32. The third-order valence-corrected chi connectivity index (χ3v) is 3.15. The molecule has 0 aromatic heterocycles. The number of anilines is 1. The number of Topliss-reactive ketones (excluding diaryl/α,β-unsaturated/α-hetero) is 1. The number of ether oxygens (including phenoxy) is 1. The molecule has 0 aliphatic carbocycles. The van der Waals surface area contributed by atoms with E-state index in [9.17, 15) is 9.59 Å². The second-order valence-corrected chi connectivity index (χ2v) is 4.46. The van der Waals surface area contributed by atoms with Crippen LogP contribution in [0.1, 0.15) is 23.7 Å². The summed E-state index contributed by atoms with van der Waals surface area (Å²) < 4.78 is 5.34. The average Bonchev–Trinajstić information content (AvgIpc) is 2.41. The summed E-state index contributed by atoms with van der Waals surface area (Å²) in [5.74, 6) is -0.145. The fraction of sp³-hybridized carbons (Fsp3) is 0.429. The van der Waals surface area contributed by atoms with Gasteiger partial charge in [-0.1, -0.05) is 0 Å². The van der Waals surface area contributed by atoms with E-state index in [0.717, 1.165) is 5.69 Å². The van der Waals surface area contributed by atoms with Gasteiger partial charge in [0.1, 0.15) is 6.10 Å². The first kappa shape index (κ1) is 13.7. The van der Waals surface area contributed by atoms with Crippen LogP contribution in [0.15, 0.2) is 24.3 Å². The third kappa shape index (κ3) is 3.00. The van der Waals surface area contributed by atoms with Crippen LogP contribution in [0.4, 0.5) is 5.69 Å². The zero-order valence-corrected chi connectivity index (χ0v) is 10.8. The molecule has 2 rings (SSSR count). The Morgan fingerprint density at radius 2 is 2.11 bits per heavy atom. The Morgan fingerprint density at radius 3 is 2.68 bits per heavy atom. The van der Waals surface area contributed by atoms with Gasteiger partial charge < -0.3 is 14.7 Å². The van der Waals surface area contributed by atoms with E-state index < -0.39 is 6.10 Å². The molecule has 5 heteroatoms. The number of hydrogen-bond acceptors (Lipinski definition) is 4. The summed E-state index contributed by atoms with van der Waals surface area (Å²) in [6, 6.07) is 6.94. The highest BCUT2D eigenvalue weighted by atomic mass is 16.5. The van der Waals surface area contributed by atoms with Crippen LogP contribution < -0.4 is 4.90 Å². The third-order valence-electron chi connectivity index (χ3n) is 3.15. The van der Waals surface area contributed by atoms with Gasteiger partial charge in [0.05, 0.1) is 6.61 Å². The minimum Gasteiger partial charge on any atom is -0.396 e. The van der Waals surface area contributed by atoms with E-state index in [4.69, 9.17) is 9.84 Å². The van der Waals surface area contributed by atoms with Crippen LogP contribution >= 0.6 is 0 Å². The van der Waals surface area contributed by atoms with E-state index in [1.165, 1.54) is 6.92 Å². The van der Waals surface area contributed by atoms with Crippen molar-refractivity contribution in [2.45, 2.75) is 19.4 Å². The molecule has 0 saturated carbocycles. The van der Waals surface area contributed by atoms with Crippen molar-refractivity contribution in [2.75, 3.05) is 24.7 Å². The van der Waals surface area contributed by atoms with Crippen molar-refractivity contribution in [3.05, 3.63) is 29.8 Å². The number of amides is 1. The summed E-state index contributed by atoms with van der Waals surface area (Å²) in [6.07, 6.45) is -0.271. The van der Waals surface area contributed by atoms with Crippen LogP contribution in [0, 0.1) is 0 Å². The van der Waals surface area contributed by atoms with Crippen LogP contribution in [-0.4, -0.2) is 42.7 Å². The number of nitrogens with zero attached hydrogens (tertiary/aromatic N) is 1. The normalized spacial score (nSPS) is 19.6. The Labute approximate surface area is 111 Å². The molecule has 0 spiro atoms. The van der Waals surface area contributed by atoms with Crippen molar-refractivity contribution < 1.29 is 19.4 Å². The number of carbonyl (C=O) groups excluding carboxylic acids is 2. The summed E-state index contributed by atoms with van der Waals surface area (Å²) in [6.45, 7) is 2.37. The zero-order chi connectivity index (χ0) is 13.8. The Hall–Kier alpha value is -1.72. The maximum Gasteiger partial charge on any atom is 0.256 e. The van der Waals surface area contributed by atoms with Gasteiger partial charge in [-0.3, -0.25) is 9.59 Å². The standard InChI is InChI=1S/C14H17NO4/c1-10(17)11-2-4-12(5-3-11)15-7-9-19-13(6-8-16)14(15)18/h2-5,13,16H,6-9H2,1H3. The van der Waals surface area contributed by atoms with E-state index >= 15 is 0 Å². The largest absolute Gasteiger partial charge is 0.396 e. The summed E-state index contributed by atoms with van der Waals surface area (Å²) in [5, 5.41) is 8.90. The lowest BCUT2D eigenvalue weighted by atomic mass is 10.1. The number of carbonyl (C=O) groups is 2. The molecule has 0 bridgehead atoms. The second-order valence-electron chi connectivity index (χ2n) is 4.46. The van der Waals surface area contributed by atoms with Gasteiger partial charge in [0, 0.05) is 30.8 Å². The lowest BCUT2D eigenvalue weighted by Crippen LogP contribution is -2.48. The minimum absolute atomic E-state index is 0.00184. The molecule has 1 aliphatic rings. The van der Waals surface area contributed by atoms with Crippen molar-refractivity contribution in [1.29, 1.82) is 0 Å². The smallest absolute Gasteiger partial charge is 0.256 e. The van der Waals surface area contributed by atoms with Crippen molar-refractivity contribution in [3.8, 4) is 0 Å². The van der Waals surface area contributed by atoms with Crippen LogP contribution in [0.5, 0.6) is 0 Å². The van der Waals surface area contributed by atoms with E-state index in [-0.39, 0.29) is 18.3 Å². The second kappa shape index (κ2) is 5.95. The highest BCUT2D eigenvalue weighted by molar-refractivity contribution is 5.98. The molecule has 102 valence electrons. The van der Waals surface area contributed by atoms with E-state index in [2.05, 4.69) is 0 Å². The van der Waals surface area contributed by atoms with Crippen LogP contribution in [0.3, 0.4) is 0 Å². The molecule has 1 heterocycles. The number of aliphatic hydroxyl groups is 1. The molecule has 5 nitrogen and oxygen atoms in total. The van der Waals surface area contributed by atoms with Crippen molar-refractivity contribution >= 4 is 17.4 Å². The maximum atomic E-state index is 12.2. The summed E-state index contributed by atoms with van der Waals surface area (Å²) >= 11 is 0. The topological polar surface area (TPSA) is 66.8 Å². The average molecular weight is 263 g/mol. The number of morpholine rings is 1. The molecule has 1 amide bonds. The quantitative estimate of drug-likeness (QED) is 0.823. The molecule has 1 aromatic carbocycles. The van der Waals surface area contributed by atoms with Crippen molar-refractivity contribution in [1.82, 2.24) is 0 Å². The van der Waals surface area contributed by atoms with Gasteiger partial charge in [-0.2, -0.15) is 0 Å². The zero-order valence-electron chi connectivity index (χ0n) is 10.8. The molecule has 19 heavy (non-hydrogen) atoms. The highest BCUT2D eigenvalue weighted by Crippen LogP contribution is 2.20. The number of hydrogen-bond donors (Lipinski definition) is 1. The Morgan fingerprint density at radius 1 is 1.42 bits per heavy atom. The maximum absolute atomic E-state index is 12.2. The molecule has 0 radical (unpaired) electrons. The van der Waals surface area contributed by atoms with Gasteiger partial charge in [0.25, 0.3) is 5.91 Å². The first-order valence-corrected chi connectivity index (χ1v) is 6.28. The van der Waals surface area contributed by atoms with Crippen LogP contribution in [-0.2, 0) is 9.53 Å².